The molecule has 0 fully saturated rings. The summed E-state index contributed by atoms with van der Waals surface area (Å²) in [6, 6.07) is 5.74. The minimum absolute atomic E-state index is 0.000365. The predicted octanol–water partition coefficient (Wildman–Crippen LogP) is 3.03. The second-order valence-corrected chi connectivity index (χ2v) is 5.54. The molecule has 0 saturated heterocycles. The van der Waals surface area contributed by atoms with E-state index in [2.05, 4.69) is 25.6 Å². The van der Waals surface area contributed by atoms with E-state index in [4.69, 9.17) is 5.11 Å². The lowest BCUT2D eigenvalue weighted by atomic mass is 10.2. The minimum Gasteiger partial charge on any atom is -0.478 e. The Morgan fingerprint density at radius 1 is 1.12 bits per heavy atom. The first-order valence-corrected chi connectivity index (χ1v) is 7.69. The van der Waals surface area contributed by atoms with Gasteiger partial charge in [0.2, 0.25) is 11.6 Å². The van der Waals surface area contributed by atoms with Crippen LogP contribution in [0, 0.1) is 10.1 Å². The SMILES string of the molecule is O=C(O)c1ccc(Nc2ncnc(Nc3nccs3)c2[N+](=O)[O-])cc1. The number of carboxylic acid groups (broad SMARTS) is 1. The second-order valence-electron chi connectivity index (χ2n) is 4.65. The average molecular weight is 358 g/mol. The summed E-state index contributed by atoms with van der Waals surface area (Å²) >= 11 is 1.27. The number of aromatic nitrogens is 3. The summed E-state index contributed by atoms with van der Waals surface area (Å²) in [6.45, 7) is 0. The summed E-state index contributed by atoms with van der Waals surface area (Å²) in [4.78, 5) is 33.5. The van der Waals surface area contributed by atoms with Gasteiger partial charge in [0.25, 0.3) is 0 Å². The molecule has 0 spiro atoms. The maximum absolute atomic E-state index is 11.5. The fraction of sp³-hybridized carbons (Fsp3) is 0. The summed E-state index contributed by atoms with van der Waals surface area (Å²) in [5, 5.41) is 28.1. The summed E-state index contributed by atoms with van der Waals surface area (Å²) in [6.07, 6.45) is 2.74. The number of nitrogens with one attached hydrogen (secondary N) is 2. The van der Waals surface area contributed by atoms with Crippen molar-refractivity contribution in [1.29, 1.82) is 0 Å². The Labute approximate surface area is 144 Å². The van der Waals surface area contributed by atoms with Crippen molar-refractivity contribution in [3.8, 4) is 0 Å². The maximum atomic E-state index is 11.5. The van der Waals surface area contributed by atoms with Crippen LogP contribution in [0.15, 0.2) is 42.2 Å². The molecular weight excluding hydrogens is 348 g/mol. The van der Waals surface area contributed by atoms with Crippen LogP contribution in [0.1, 0.15) is 10.4 Å². The molecule has 0 atom stereocenters. The number of hydrogen-bond acceptors (Lipinski definition) is 9. The van der Waals surface area contributed by atoms with Crippen LogP contribution in [-0.4, -0.2) is 31.0 Å². The van der Waals surface area contributed by atoms with Crippen molar-refractivity contribution in [1.82, 2.24) is 15.0 Å². The lowest BCUT2D eigenvalue weighted by Gasteiger charge is -2.09. The van der Waals surface area contributed by atoms with Crippen LogP contribution < -0.4 is 10.6 Å². The van der Waals surface area contributed by atoms with E-state index in [0.29, 0.717) is 10.8 Å². The molecule has 0 amide bonds. The number of hydrogen-bond donors (Lipinski definition) is 3. The number of carboxylic acids is 1. The van der Waals surface area contributed by atoms with Crippen LogP contribution in [0.5, 0.6) is 0 Å². The van der Waals surface area contributed by atoms with E-state index in [9.17, 15) is 14.9 Å². The van der Waals surface area contributed by atoms with Crippen molar-refractivity contribution in [2.45, 2.75) is 0 Å². The largest absolute Gasteiger partial charge is 0.478 e. The Morgan fingerprint density at radius 3 is 2.36 bits per heavy atom. The van der Waals surface area contributed by atoms with Crippen molar-refractivity contribution >= 4 is 45.4 Å². The molecule has 0 saturated carbocycles. The molecule has 2 heterocycles. The molecule has 10 nitrogen and oxygen atoms in total. The van der Waals surface area contributed by atoms with Crippen LogP contribution in [0.3, 0.4) is 0 Å². The number of thiazole rings is 1. The van der Waals surface area contributed by atoms with Crippen LogP contribution in [0.25, 0.3) is 0 Å². The van der Waals surface area contributed by atoms with Gasteiger partial charge in [0.1, 0.15) is 6.33 Å². The normalized spacial score (nSPS) is 10.2. The molecule has 0 aliphatic carbocycles. The predicted molar refractivity (Wildman–Crippen MR) is 90.8 cm³/mol. The van der Waals surface area contributed by atoms with Crippen LogP contribution in [0.4, 0.5) is 28.1 Å². The molecule has 0 aliphatic rings. The quantitative estimate of drug-likeness (QED) is 0.447. The Hall–Kier alpha value is -3.60. The van der Waals surface area contributed by atoms with E-state index >= 15 is 0 Å². The Bertz CT molecular complexity index is 914. The van der Waals surface area contributed by atoms with Gasteiger partial charge in [0, 0.05) is 17.3 Å². The highest BCUT2D eigenvalue weighted by Crippen LogP contribution is 2.33. The molecule has 11 heteroatoms. The molecule has 25 heavy (non-hydrogen) atoms. The fourth-order valence-electron chi connectivity index (χ4n) is 1.95. The molecule has 0 unspecified atom stereocenters. The summed E-state index contributed by atoms with van der Waals surface area (Å²) in [5.74, 6) is -1.09. The smallest absolute Gasteiger partial charge is 0.353 e. The minimum atomic E-state index is -1.06. The third-order valence-electron chi connectivity index (χ3n) is 3.06. The van der Waals surface area contributed by atoms with Crippen molar-refractivity contribution in [2.75, 3.05) is 10.6 Å². The number of nitrogens with zero attached hydrogens (tertiary/aromatic N) is 4. The van der Waals surface area contributed by atoms with Crippen molar-refractivity contribution in [3.63, 3.8) is 0 Å². The van der Waals surface area contributed by atoms with Gasteiger partial charge in [-0.3, -0.25) is 10.1 Å². The van der Waals surface area contributed by atoms with Crippen molar-refractivity contribution < 1.29 is 14.8 Å². The monoisotopic (exact) mass is 358 g/mol. The summed E-state index contributed by atoms with van der Waals surface area (Å²) < 4.78 is 0. The highest BCUT2D eigenvalue weighted by Gasteiger charge is 2.23. The zero-order valence-electron chi connectivity index (χ0n) is 12.4. The molecule has 0 radical (unpaired) electrons. The first kappa shape index (κ1) is 16.3. The van der Waals surface area contributed by atoms with Gasteiger partial charge in [0.05, 0.1) is 10.5 Å². The zero-order valence-corrected chi connectivity index (χ0v) is 13.2. The number of nitro groups is 1. The third-order valence-corrected chi connectivity index (χ3v) is 3.75. The molecule has 1 aromatic carbocycles. The standard InChI is InChI=1S/C14H10N6O4S/c21-13(22)8-1-3-9(4-2-8)18-11-10(20(23)24)12(17-7-16-11)19-14-15-5-6-25-14/h1-7H,(H,21,22)(H2,15,16,17,18,19). The van der Waals surface area contributed by atoms with Gasteiger partial charge < -0.3 is 15.7 Å². The first-order valence-electron chi connectivity index (χ1n) is 6.81. The average Bonchev–Trinajstić information content (AvgIpc) is 3.08. The topological polar surface area (TPSA) is 143 Å². The van der Waals surface area contributed by atoms with Gasteiger partial charge in [-0.15, -0.1) is 11.3 Å². The van der Waals surface area contributed by atoms with E-state index in [-0.39, 0.29) is 22.9 Å². The third kappa shape index (κ3) is 3.67. The zero-order chi connectivity index (χ0) is 17.8. The first-order chi connectivity index (χ1) is 12.0. The van der Waals surface area contributed by atoms with Gasteiger partial charge in [-0.1, -0.05) is 0 Å². The maximum Gasteiger partial charge on any atom is 0.353 e. The molecular formula is C14H10N6O4S. The van der Waals surface area contributed by atoms with Gasteiger partial charge in [-0.05, 0) is 24.3 Å². The number of rotatable bonds is 6. The van der Waals surface area contributed by atoms with E-state index in [1.54, 1.807) is 11.6 Å². The van der Waals surface area contributed by atoms with Crippen LogP contribution in [-0.2, 0) is 0 Å². The van der Waals surface area contributed by atoms with Crippen molar-refractivity contribution in [3.05, 3.63) is 57.8 Å². The molecule has 2 aromatic heterocycles. The second kappa shape index (κ2) is 6.88. The van der Waals surface area contributed by atoms with E-state index in [1.165, 1.54) is 41.9 Å². The van der Waals surface area contributed by atoms with E-state index in [1.807, 2.05) is 0 Å². The van der Waals surface area contributed by atoms with Gasteiger partial charge in [0.15, 0.2) is 5.13 Å². The molecule has 3 N–H and O–H groups in total. The number of benzene rings is 1. The lowest BCUT2D eigenvalue weighted by molar-refractivity contribution is -0.383. The van der Waals surface area contributed by atoms with E-state index in [0.717, 1.165) is 0 Å². The Balaban J connectivity index is 1.92. The Kier molecular flexibility index (Phi) is 4.48. The number of aromatic carboxylic acids is 1. The molecule has 3 rings (SSSR count). The van der Waals surface area contributed by atoms with Gasteiger partial charge >= 0.3 is 11.7 Å². The van der Waals surface area contributed by atoms with Crippen LogP contribution in [0.2, 0.25) is 0 Å². The van der Waals surface area contributed by atoms with Crippen molar-refractivity contribution in [2.24, 2.45) is 0 Å². The fourth-order valence-corrected chi connectivity index (χ4v) is 2.48. The number of anilines is 4. The summed E-state index contributed by atoms with van der Waals surface area (Å²) in [5.41, 5.74) is 0.209. The number of carbonyl (C=O) groups is 1. The lowest BCUT2D eigenvalue weighted by Crippen LogP contribution is -2.05. The Morgan fingerprint density at radius 2 is 1.80 bits per heavy atom. The van der Waals surface area contributed by atoms with Gasteiger partial charge in [-0.25, -0.2) is 19.7 Å². The van der Waals surface area contributed by atoms with E-state index < -0.39 is 10.9 Å². The molecule has 0 aliphatic heterocycles. The van der Waals surface area contributed by atoms with Crippen LogP contribution >= 0.6 is 11.3 Å². The highest BCUT2D eigenvalue weighted by molar-refractivity contribution is 7.13. The molecule has 0 bridgehead atoms. The highest BCUT2D eigenvalue weighted by atomic mass is 32.1. The molecule has 126 valence electrons. The summed E-state index contributed by atoms with van der Waals surface area (Å²) in [7, 11) is 0. The molecule has 3 aromatic rings. The van der Waals surface area contributed by atoms with Gasteiger partial charge in [-0.2, -0.15) is 0 Å².